The second-order valence-corrected chi connectivity index (χ2v) is 4.51. The fraction of sp³-hybridized carbons (Fsp3) is 0.250. The monoisotopic (exact) mass is 259 g/mol. The number of rotatable bonds is 5. The lowest BCUT2D eigenvalue weighted by Gasteiger charge is -2.14. The zero-order chi connectivity index (χ0) is 13.7. The van der Waals surface area contributed by atoms with Crippen LogP contribution in [-0.4, -0.2) is 7.11 Å². The van der Waals surface area contributed by atoms with Gasteiger partial charge in [-0.05, 0) is 42.3 Å². The van der Waals surface area contributed by atoms with Gasteiger partial charge in [0.05, 0.1) is 7.11 Å². The highest BCUT2D eigenvalue weighted by molar-refractivity contribution is 5.28. The van der Waals surface area contributed by atoms with Gasteiger partial charge in [0, 0.05) is 12.6 Å². The molecule has 0 heterocycles. The molecule has 0 saturated heterocycles. The van der Waals surface area contributed by atoms with E-state index < -0.39 is 0 Å². The quantitative estimate of drug-likeness (QED) is 0.884. The molecular weight excluding hydrogens is 241 g/mol. The fourth-order valence-corrected chi connectivity index (χ4v) is 1.95. The molecule has 0 aliphatic rings. The Morgan fingerprint density at radius 2 is 1.95 bits per heavy atom. The molecule has 0 aromatic heterocycles. The molecule has 0 aliphatic heterocycles. The summed E-state index contributed by atoms with van der Waals surface area (Å²) >= 11 is 0. The Morgan fingerprint density at radius 3 is 2.68 bits per heavy atom. The highest BCUT2D eigenvalue weighted by Gasteiger charge is 2.06. The van der Waals surface area contributed by atoms with Gasteiger partial charge in [-0.3, -0.25) is 0 Å². The van der Waals surface area contributed by atoms with Gasteiger partial charge in [0.25, 0.3) is 0 Å². The molecule has 0 spiro atoms. The molecule has 2 aromatic carbocycles. The molecule has 0 aliphatic carbocycles. The standard InChI is InChI=1S/C16H18FNO/c1-12(14-6-4-7-15(17)10-14)18-11-13-5-3-8-16(9-13)19-2/h3-10,12,18H,11H2,1-2H3/t12-/m0/s1. The van der Waals surface area contributed by atoms with Crippen LogP contribution in [0.2, 0.25) is 0 Å². The Labute approximate surface area is 113 Å². The Morgan fingerprint density at radius 1 is 1.16 bits per heavy atom. The summed E-state index contributed by atoms with van der Waals surface area (Å²) in [6, 6.07) is 14.7. The number of benzene rings is 2. The van der Waals surface area contributed by atoms with E-state index in [4.69, 9.17) is 4.74 Å². The summed E-state index contributed by atoms with van der Waals surface area (Å²) in [5.74, 6) is 0.644. The predicted octanol–water partition coefficient (Wildman–Crippen LogP) is 3.69. The van der Waals surface area contributed by atoms with Gasteiger partial charge in [0.1, 0.15) is 11.6 Å². The molecule has 1 atom stereocenters. The molecule has 0 fully saturated rings. The van der Waals surface area contributed by atoms with Crippen molar-refractivity contribution in [2.24, 2.45) is 0 Å². The summed E-state index contributed by atoms with van der Waals surface area (Å²) in [6.45, 7) is 2.74. The van der Waals surface area contributed by atoms with Gasteiger partial charge in [-0.1, -0.05) is 24.3 Å². The third kappa shape index (κ3) is 3.80. The minimum atomic E-state index is -0.201. The van der Waals surface area contributed by atoms with E-state index in [2.05, 4.69) is 5.32 Å². The molecule has 0 amide bonds. The second kappa shape index (κ2) is 6.34. The predicted molar refractivity (Wildman–Crippen MR) is 74.6 cm³/mol. The maximum absolute atomic E-state index is 13.1. The molecule has 0 saturated carbocycles. The number of nitrogens with one attached hydrogen (secondary N) is 1. The third-order valence-electron chi connectivity index (χ3n) is 3.10. The highest BCUT2D eigenvalue weighted by atomic mass is 19.1. The molecular formula is C16H18FNO. The van der Waals surface area contributed by atoms with Crippen molar-refractivity contribution in [3.63, 3.8) is 0 Å². The van der Waals surface area contributed by atoms with Crippen molar-refractivity contribution in [2.45, 2.75) is 19.5 Å². The lowest BCUT2D eigenvalue weighted by Crippen LogP contribution is -2.18. The van der Waals surface area contributed by atoms with Crippen molar-refractivity contribution in [3.8, 4) is 5.75 Å². The summed E-state index contributed by atoms with van der Waals surface area (Å²) in [5.41, 5.74) is 2.09. The zero-order valence-electron chi connectivity index (χ0n) is 11.2. The molecule has 19 heavy (non-hydrogen) atoms. The fourth-order valence-electron chi connectivity index (χ4n) is 1.95. The van der Waals surface area contributed by atoms with E-state index in [1.165, 1.54) is 6.07 Å². The summed E-state index contributed by atoms with van der Waals surface area (Å²) in [4.78, 5) is 0. The first kappa shape index (κ1) is 13.6. The Bertz CT molecular complexity index is 542. The van der Waals surface area contributed by atoms with E-state index in [0.29, 0.717) is 0 Å². The van der Waals surface area contributed by atoms with E-state index in [0.717, 1.165) is 23.4 Å². The molecule has 0 unspecified atom stereocenters. The molecule has 100 valence electrons. The number of ether oxygens (including phenoxy) is 1. The van der Waals surface area contributed by atoms with Crippen LogP contribution in [0.3, 0.4) is 0 Å². The van der Waals surface area contributed by atoms with Crippen LogP contribution in [-0.2, 0) is 6.54 Å². The van der Waals surface area contributed by atoms with Crippen LogP contribution in [0.4, 0.5) is 4.39 Å². The lowest BCUT2D eigenvalue weighted by molar-refractivity contribution is 0.414. The molecule has 3 heteroatoms. The van der Waals surface area contributed by atoms with Gasteiger partial charge in [-0.2, -0.15) is 0 Å². The summed E-state index contributed by atoms with van der Waals surface area (Å²) < 4.78 is 18.3. The normalized spacial score (nSPS) is 12.2. The minimum absolute atomic E-state index is 0.0990. The van der Waals surface area contributed by atoms with Gasteiger partial charge in [-0.25, -0.2) is 4.39 Å². The van der Waals surface area contributed by atoms with Gasteiger partial charge < -0.3 is 10.1 Å². The van der Waals surface area contributed by atoms with E-state index in [9.17, 15) is 4.39 Å². The number of methoxy groups -OCH3 is 1. The Hall–Kier alpha value is -1.87. The van der Waals surface area contributed by atoms with Crippen molar-refractivity contribution in [1.82, 2.24) is 5.32 Å². The van der Waals surface area contributed by atoms with E-state index in [-0.39, 0.29) is 11.9 Å². The SMILES string of the molecule is COc1cccc(CN[C@@H](C)c2cccc(F)c2)c1. The maximum Gasteiger partial charge on any atom is 0.123 e. The van der Waals surface area contributed by atoms with Gasteiger partial charge in [0.15, 0.2) is 0 Å². The molecule has 2 rings (SSSR count). The van der Waals surface area contributed by atoms with Crippen molar-refractivity contribution in [1.29, 1.82) is 0 Å². The Kier molecular flexibility index (Phi) is 4.53. The first-order valence-corrected chi connectivity index (χ1v) is 6.31. The van der Waals surface area contributed by atoms with Crippen LogP contribution >= 0.6 is 0 Å². The minimum Gasteiger partial charge on any atom is -0.497 e. The molecule has 2 nitrogen and oxygen atoms in total. The average molecular weight is 259 g/mol. The van der Waals surface area contributed by atoms with Crippen LogP contribution in [0.25, 0.3) is 0 Å². The second-order valence-electron chi connectivity index (χ2n) is 4.51. The van der Waals surface area contributed by atoms with Gasteiger partial charge >= 0.3 is 0 Å². The van der Waals surface area contributed by atoms with Crippen LogP contribution in [0, 0.1) is 5.82 Å². The van der Waals surface area contributed by atoms with Gasteiger partial charge in [-0.15, -0.1) is 0 Å². The van der Waals surface area contributed by atoms with E-state index in [1.54, 1.807) is 19.2 Å². The molecule has 0 radical (unpaired) electrons. The molecule has 1 N–H and O–H groups in total. The first-order valence-electron chi connectivity index (χ1n) is 6.31. The van der Waals surface area contributed by atoms with Gasteiger partial charge in [0.2, 0.25) is 0 Å². The third-order valence-corrected chi connectivity index (χ3v) is 3.10. The van der Waals surface area contributed by atoms with Crippen molar-refractivity contribution in [3.05, 3.63) is 65.5 Å². The van der Waals surface area contributed by atoms with Crippen LogP contribution < -0.4 is 10.1 Å². The summed E-state index contributed by atoms with van der Waals surface area (Å²) in [5, 5.41) is 3.37. The van der Waals surface area contributed by atoms with Crippen molar-refractivity contribution in [2.75, 3.05) is 7.11 Å². The topological polar surface area (TPSA) is 21.3 Å². The van der Waals surface area contributed by atoms with Crippen LogP contribution in [0.15, 0.2) is 48.5 Å². The molecule has 0 bridgehead atoms. The Balaban J connectivity index is 1.98. The first-order chi connectivity index (χ1) is 9.19. The van der Waals surface area contributed by atoms with Crippen molar-refractivity contribution < 1.29 is 9.13 Å². The van der Waals surface area contributed by atoms with Crippen LogP contribution in [0.1, 0.15) is 24.1 Å². The van der Waals surface area contributed by atoms with E-state index >= 15 is 0 Å². The zero-order valence-corrected chi connectivity index (χ0v) is 11.2. The summed E-state index contributed by atoms with van der Waals surface area (Å²) in [7, 11) is 1.65. The summed E-state index contributed by atoms with van der Waals surface area (Å²) in [6.07, 6.45) is 0. The highest BCUT2D eigenvalue weighted by Crippen LogP contribution is 2.16. The van der Waals surface area contributed by atoms with Crippen molar-refractivity contribution >= 4 is 0 Å². The number of hydrogen-bond acceptors (Lipinski definition) is 2. The number of halogens is 1. The number of hydrogen-bond donors (Lipinski definition) is 1. The lowest BCUT2D eigenvalue weighted by atomic mass is 10.1. The smallest absolute Gasteiger partial charge is 0.123 e. The van der Waals surface area contributed by atoms with E-state index in [1.807, 2.05) is 37.3 Å². The molecule has 2 aromatic rings. The van der Waals surface area contributed by atoms with Crippen LogP contribution in [0.5, 0.6) is 5.75 Å². The maximum atomic E-state index is 13.1. The average Bonchev–Trinajstić information content (AvgIpc) is 2.45. The largest absolute Gasteiger partial charge is 0.497 e.